The Morgan fingerprint density at radius 3 is 2.42 bits per heavy atom. The molecule has 0 aromatic carbocycles. The van der Waals surface area contributed by atoms with Crippen molar-refractivity contribution in [1.82, 2.24) is 4.90 Å². The van der Waals surface area contributed by atoms with E-state index in [0.29, 0.717) is 25.9 Å². The number of rotatable bonds is 0. The minimum absolute atomic E-state index is 0.130. The maximum Gasteiger partial charge on any atom is 0.233 e. The lowest BCUT2D eigenvalue weighted by molar-refractivity contribution is 0.00908. The molecule has 5 heteroatoms. The second-order valence-electron chi connectivity index (χ2n) is 3.44. The summed E-state index contributed by atoms with van der Waals surface area (Å²) in [7, 11) is 0. The highest BCUT2D eigenvalue weighted by Gasteiger charge is 2.27. The van der Waals surface area contributed by atoms with Gasteiger partial charge in [0, 0.05) is 13.1 Å². The van der Waals surface area contributed by atoms with Crippen LogP contribution in [0.4, 0.5) is 0 Å². The molecule has 0 aromatic heterocycles. The van der Waals surface area contributed by atoms with Crippen LogP contribution < -0.4 is 5.73 Å². The predicted octanol–water partition coefficient (Wildman–Crippen LogP) is -0.463. The van der Waals surface area contributed by atoms with Crippen LogP contribution in [0.3, 0.4) is 0 Å². The zero-order valence-corrected chi connectivity index (χ0v) is 7.19. The number of piperidine rings is 1. The van der Waals surface area contributed by atoms with Crippen LogP contribution in [0.25, 0.3) is 0 Å². The second kappa shape index (κ2) is 3.18. The summed E-state index contributed by atoms with van der Waals surface area (Å²) in [6.07, 6.45) is 1.31. The first-order chi connectivity index (χ1) is 5.55. The Labute approximate surface area is 71.5 Å². The van der Waals surface area contributed by atoms with Gasteiger partial charge in [0.1, 0.15) is 0 Å². The van der Waals surface area contributed by atoms with Gasteiger partial charge in [-0.1, -0.05) is 5.16 Å². The molecule has 1 aliphatic rings. The van der Waals surface area contributed by atoms with Crippen LogP contribution in [-0.2, 0) is 0 Å². The SMILES string of the molecule is CC1(O)CCN(C(N)=NO)CC1. The number of guanidine groups is 1. The Bertz CT molecular complexity index is 181. The van der Waals surface area contributed by atoms with E-state index in [1.54, 1.807) is 11.8 Å². The second-order valence-corrected chi connectivity index (χ2v) is 3.44. The van der Waals surface area contributed by atoms with Gasteiger partial charge in [-0.05, 0) is 19.8 Å². The normalized spacial score (nSPS) is 24.2. The first-order valence-electron chi connectivity index (χ1n) is 4.00. The summed E-state index contributed by atoms with van der Waals surface area (Å²) in [6.45, 7) is 3.09. The van der Waals surface area contributed by atoms with Gasteiger partial charge in [0.25, 0.3) is 0 Å². The first kappa shape index (κ1) is 9.12. The highest BCUT2D eigenvalue weighted by molar-refractivity contribution is 5.77. The van der Waals surface area contributed by atoms with Crippen molar-refractivity contribution in [3.05, 3.63) is 0 Å². The van der Waals surface area contributed by atoms with E-state index in [-0.39, 0.29) is 5.96 Å². The number of hydrogen-bond donors (Lipinski definition) is 3. The molecule has 0 atom stereocenters. The zero-order chi connectivity index (χ0) is 9.19. The van der Waals surface area contributed by atoms with Gasteiger partial charge in [-0.2, -0.15) is 0 Å². The lowest BCUT2D eigenvalue weighted by atomic mass is 9.94. The van der Waals surface area contributed by atoms with Crippen LogP contribution in [0.2, 0.25) is 0 Å². The molecule has 0 saturated carbocycles. The third-order valence-electron chi connectivity index (χ3n) is 2.27. The maximum absolute atomic E-state index is 9.58. The summed E-state index contributed by atoms with van der Waals surface area (Å²) < 4.78 is 0. The van der Waals surface area contributed by atoms with Crippen LogP contribution in [0.1, 0.15) is 19.8 Å². The fourth-order valence-electron chi connectivity index (χ4n) is 1.28. The van der Waals surface area contributed by atoms with Crippen molar-refractivity contribution in [2.24, 2.45) is 10.9 Å². The number of hydrogen-bond acceptors (Lipinski definition) is 3. The number of oxime groups is 1. The largest absolute Gasteiger partial charge is 0.408 e. The molecule has 0 radical (unpaired) electrons. The van der Waals surface area contributed by atoms with Crippen molar-refractivity contribution in [3.8, 4) is 0 Å². The fraction of sp³-hybridized carbons (Fsp3) is 0.857. The van der Waals surface area contributed by atoms with E-state index in [2.05, 4.69) is 5.16 Å². The number of nitrogens with two attached hydrogens (primary N) is 1. The minimum atomic E-state index is -0.591. The van der Waals surface area contributed by atoms with Gasteiger partial charge in [0.15, 0.2) is 0 Å². The Morgan fingerprint density at radius 2 is 2.00 bits per heavy atom. The average molecular weight is 173 g/mol. The molecule has 0 aliphatic carbocycles. The van der Waals surface area contributed by atoms with E-state index >= 15 is 0 Å². The van der Waals surface area contributed by atoms with Gasteiger partial charge in [-0.15, -0.1) is 0 Å². The third-order valence-corrected chi connectivity index (χ3v) is 2.27. The Balaban J connectivity index is 2.47. The summed E-state index contributed by atoms with van der Waals surface area (Å²) in [6, 6.07) is 0. The van der Waals surface area contributed by atoms with Crippen molar-refractivity contribution in [1.29, 1.82) is 0 Å². The van der Waals surface area contributed by atoms with Gasteiger partial charge in [-0.3, -0.25) is 0 Å². The molecule has 0 amide bonds. The highest BCUT2D eigenvalue weighted by Crippen LogP contribution is 2.20. The first-order valence-corrected chi connectivity index (χ1v) is 4.00. The zero-order valence-electron chi connectivity index (χ0n) is 7.19. The molecule has 1 heterocycles. The minimum Gasteiger partial charge on any atom is -0.408 e. The van der Waals surface area contributed by atoms with Gasteiger partial charge in [0.2, 0.25) is 5.96 Å². The molecule has 4 N–H and O–H groups in total. The van der Waals surface area contributed by atoms with Crippen LogP contribution in [-0.4, -0.2) is 39.9 Å². The molecular formula is C7H15N3O2. The average Bonchev–Trinajstić information content (AvgIpc) is 2.03. The molecule has 1 fully saturated rings. The summed E-state index contributed by atoms with van der Waals surface area (Å²) >= 11 is 0. The molecule has 0 bridgehead atoms. The topological polar surface area (TPSA) is 82.1 Å². The van der Waals surface area contributed by atoms with Crippen molar-refractivity contribution in [2.75, 3.05) is 13.1 Å². The standard InChI is InChI=1S/C7H15N3O2/c1-7(11)2-4-10(5-3-7)6(8)9-12/h11-12H,2-5H2,1H3,(H2,8,9). The summed E-state index contributed by atoms with van der Waals surface area (Å²) in [5.41, 5.74) is 4.79. The molecule has 70 valence electrons. The molecule has 0 spiro atoms. The van der Waals surface area contributed by atoms with E-state index in [0.717, 1.165) is 0 Å². The quantitative estimate of drug-likeness (QED) is 0.200. The molecule has 0 unspecified atom stereocenters. The van der Waals surface area contributed by atoms with Gasteiger partial charge < -0.3 is 20.9 Å². The monoisotopic (exact) mass is 173 g/mol. The molecule has 5 nitrogen and oxygen atoms in total. The summed E-state index contributed by atoms with van der Waals surface area (Å²) in [4.78, 5) is 1.75. The van der Waals surface area contributed by atoms with Crippen LogP contribution in [0.5, 0.6) is 0 Å². The molecule has 0 aromatic rings. The van der Waals surface area contributed by atoms with Crippen molar-refractivity contribution >= 4 is 5.96 Å². The van der Waals surface area contributed by atoms with E-state index in [4.69, 9.17) is 10.9 Å². The third kappa shape index (κ3) is 2.01. The van der Waals surface area contributed by atoms with Crippen LogP contribution in [0, 0.1) is 0 Å². The van der Waals surface area contributed by atoms with Crippen molar-refractivity contribution < 1.29 is 10.3 Å². The molecule has 1 aliphatic heterocycles. The van der Waals surface area contributed by atoms with Gasteiger partial charge >= 0.3 is 0 Å². The number of aliphatic hydroxyl groups is 1. The number of nitrogens with zero attached hydrogens (tertiary/aromatic N) is 2. The lowest BCUT2D eigenvalue weighted by Crippen LogP contribution is -2.47. The van der Waals surface area contributed by atoms with Crippen molar-refractivity contribution in [2.45, 2.75) is 25.4 Å². The number of likely N-dealkylation sites (tertiary alicyclic amines) is 1. The Hall–Kier alpha value is -0.970. The smallest absolute Gasteiger partial charge is 0.233 e. The predicted molar refractivity (Wildman–Crippen MR) is 44.8 cm³/mol. The van der Waals surface area contributed by atoms with Crippen LogP contribution >= 0.6 is 0 Å². The molecule has 1 saturated heterocycles. The Morgan fingerprint density at radius 1 is 1.50 bits per heavy atom. The molecular weight excluding hydrogens is 158 g/mol. The molecule has 1 rings (SSSR count). The van der Waals surface area contributed by atoms with Gasteiger partial charge in [-0.25, -0.2) is 0 Å². The summed E-state index contributed by atoms with van der Waals surface area (Å²) in [5.74, 6) is 0.130. The van der Waals surface area contributed by atoms with Crippen LogP contribution in [0.15, 0.2) is 5.16 Å². The van der Waals surface area contributed by atoms with E-state index in [1.165, 1.54) is 0 Å². The van der Waals surface area contributed by atoms with E-state index in [1.807, 2.05) is 0 Å². The van der Waals surface area contributed by atoms with E-state index < -0.39 is 5.60 Å². The van der Waals surface area contributed by atoms with Crippen molar-refractivity contribution in [3.63, 3.8) is 0 Å². The molecule has 12 heavy (non-hydrogen) atoms. The lowest BCUT2D eigenvalue weighted by Gasteiger charge is -2.35. The summed E-state index contributed by atoms with van der Waals surface area (Å²) in [5, 5.41) is 20.9. The Kier molecular flexibility index (Phi) is 2.42. The van der Waals surface area contributed by atoms with Gasteiger partial charge in [0.05, 0.1) is 5.60 Å². The van der Waals surface area contributed by atoms with E-state index in [9.17, 15) is 5.11 Å². The maximum atomic E-state index is 9.58. The highest BCUT2D eigenvalue weighted by atomic mass is 16.4. The fourth-order valence-corrected chi connectivity index (χ4v) is 1.28.